The fourth-order valence-electron chi connectivity index (χ4n) is 3.38. The lowest BCUT2D eigenvalue weighted by Crippen LogP contribution is -2.55. The van der Waals surface area contributed by atoms with E-state index in [1.54, 1.807) is 0 Å². The maximum Gasteiger partial charge on any atom is 0.251 e. The molecule has 0 saturated carbocycles. The van der Waals surface area contributed by atoms with E-state index in [2.05, 4.69) is 43.6 Å². The molecule has 1 fully saturated rings. The number of halogens is 1. The molecule has 5 nitrogen and oxygen atoms in total. The second-order valence-electron chi connectivity index (χ2n) is 9.11. The van der Waals surface area contributed by atoms with Crippen molar-refractivity contribution in [1.82, 2.24) is 16.0 Å². The van der Waals surface area contributed by atoms with Gasteiger partial charge in [0.2, 0.25) is 5.91 Å². The zero-order valence-electron chi connectivity index (χ0n) is 18.0. The SMILES string of the molecule is CC(C)C(NC(=O)c1ccc(C(C)(C)C)cc1)C(=O)NC1CCNCC1C.Cl. The average Bonchev–Trinajstić information content (AvgIpc) is 2.60. The maximum atomic E-state index is 12.8. The summed E-state index contributed by atoms with van der Waals surface area (Å²) in [5, 5.41) is 9.41. The summed E-state index contributed by atoms with van der Waals surface area (Å²) >= 11 is 0. The van der Waals surface area contributed by atoms with Crippen LogP contribution >= 0.6 is 12.4 Å². The normalized spacial score (nSPS) is 20.8. The summed E-state index contributed by atoms with van der Waals surface area (Å²) in [5.41, 5.74) is 1.80. The first kappa shape index (κ1) is 24.4. The van der Waals surface area contributed by atoms with Crippen molar-refractivity contribution in [2.75, 3.05) is 13.1 Å². The Bertz CT molecular complexity index is 653. The molecule has 0 aromatic heterocycles. The molecule has 6 heteroatoms. The van der Waals surface area contributed by atoms with E-state index in [1.807, 2.05) is 38.1 Å². The Labute approximate surface area is 175 Å². The fraction of sp³-hybridized carbons (Fsp3) is 0.636. The molecule has 3 unspecified atom stereocenters. The number of hydrogen-bond acceptors (Lipinski definition) is 3. The molecule has 1 heterocycles. The van der Waals surface area contributed by atoms with Crippen molar-refractivity contribution < 1.29 is 9.59 Å². The van der Waals surface area contributed by atoms with Gasteiger partial charge in [-0.25, -0.2) is 0 Å². The Morgan fingerprint density at radius 1 is 1.14 bits per heavy atom. The quantitative estimate of drug-likeness (QED) is 0.698. The van der Waals surface area contributed by atoms with Gasteiger partial charge in [-0.2, -0.15) is 0 Å². The lowest BCUT2D eigenvalue weighted by molar-refractivity contribution is -0.125. The summed E-state index contributed by atoms with van der Waals surface area (Å²) < 4.78 is 0. The van der Waals surface area contributed by atoms with Crippen LogP contribution in [0.25, 0.3) is 0 Å². The van der Waals surface area contributed by atoms with Crippen LogP contribution in [0, 0.1) is 11.8 Å². The minimum Gasteiger partial charge on any atom is -0.351 e. The van der Waals surface area contributed by atoms with Gasteiger partial charge >= 0.3 is 0 Å². The van der Waals surface area contributed by atoms with E-state index >= 15 is 0 Å². The molecule has 1 aromatic rings. The molecule has 3 N–H and O–H groups in total. The monoisotopic (exact) mass is 409 g/mol. The Hall–Kier alpha value is -1.59. The molecule has 1 aliphatic heterocycles. The second kappa shape index (κ2) is 10.3. The topological polar surface area (TPSA) is 70.2 Å². The number of rotatable bonds is 5. The molecule has 0 aliphatic carbocycles. The highest BCUT2D eigenvalue weighted by atomic mass is 35.5. The largest absolute Gasteiger partial charge is 0.351 e. The third kappa shape index (κ3) is 6.49. The third-order valence-corrected chi connectivity index (χ3v) is 5.36. The van der Waals surface area contributed by atoms with E-state index in [0.717, 1.165) is 19.5 Å². The molecular formula is C22H36ClN3O2. The zero-order chi connectivity index (χ0) is 20.2. The van der Waals surface area contributed by atoms with E-state index in [1.165, 1.54) is 5.56 Å². The van der Waals surface area contributed by atoms with Gasteiger partial charge in [0, 0.05) is 11.6 Å². The molecule has 0 bridgehead atoms. The fourth-order valence-corrected chi connectivity index (χ4v) is 3.38. The average molecular weight is 410 g/mol. The zero-order valence-corrected chi connectivity index (χ0v) is 18.8. The van der Waals surface area contributed by atoms with Crippen LogP contribution in [0.15, 0.2) is 24.3 Å². The number of benzene rings is 1. The van der Waals surface area contributed by atoms with Gasteiger partial charge < -0.3 is 16.0 Å². The summed E-state index contributed by atoms with van der Waals surface area (Å²) in [6, 6.07) is 7.25. The molecule has 3 atom stereocenters. The van der Waals surface area contributed by atoms with Crippen LogP contribution in [0.3, 0.4) is 0 Å². The van der Waals surface area contributed by atoms with Gasteiger partial charge in [-0.1, -0.05) is 53.7 Å². The van der Waals surface area contributed by atoms with Crippen molar-refractivity contribution in [3.05, 3.63) is 35.4 Å². The van der Waals surface area contributed by atoms with Crippen LogP contribution in [-0.4, -0.2) is 37.0 Å². The lowest BCUT2D eigenvalue weighted by atomic mass is 9.86. The molecule has 1 aromatic carbocycles. The van der Waals surface area contributed by atoms with E-state index in [0.29, 0.717) is 11.5 Å². The maximum absolute atomic E-state index is 12.8. The van der Waals surface area contributed by atoms with Crippen LogP contribution in [0.1, 0.15) is 63.9 Å². The third-order valence-electron chi connectivity index (χ3n) is 5.36. The van der Waals surface area contributed by atoms with Crippen molar-refractivity contribution in [2.45, 2.75) is 65.5 Å². The first-order chi connectivity index (χ1) is 12.6. The van der Waals surface area contributed by atoms with Crippen LogP contribution in [0.5, 0.6) is 0 Å². The Balaban J connectivity index is 0.00000392. The number of nitrogens with one attached hydrogen (secondary N) is 3. The molecule has 2 rings (SSSR count). The molecule has 1 aliphatic rings. The summed E-state index contributed by atoms with van der Waals surface area (Å²) in [7, 11) is 0. The van der Waals surface area contributed by atoms with E-state index in [9.17, 15) is 9.59 Å². The number of amides is 2. The van der Waals surface area contributed by atoms with Gasteiger partial charge in [0.25, 0.3) is 5.91 Å². The summed E-state index contributed by atoms with van der Waals surface area (Å²) in [6.45, 7) is 14.3. The first-order valence-electron chi connectivity index (χ1n) is 10.0. The lowest BCUT2D eigenvalue weighted by Gasteiger charge is -2.32. The molecule has 0 radical (unpaired) electrons. The van der Waals surface area contributed by atoms with Gasteiger partial charge in [0.05, 0.1) is 0 Å². The van der Waals surface area contributed by atoms with Gasteiger partial charge in [0.15, 0.2) is 0 Å². The van der Waals surface area contributed by atoms with Gasteiger partial charge in [-0.15, -0.1) is 12.4 Å². The standard InChI is InChI=1S/C22H35N3O2.ClH/c1-14(2)19(21(27)24-18-11-12-23-13-15(18)3)25-20(26)16-7-9-17(10-8-16)22(4,5)6;/h7-10,14-15,18-19,23H,11-13H2,1-6H3,(H,24,27)(H,25,26);1H. The highest BCUT2D eigenvalue weighted by Crippen LogP contribution is 2.22. The van der Waals surface area contributed by atoms with Gasteiger partial charge in [-0.3, -0.25) is 9.59 Å². The second-order valence-corrected chi connectivity index (χ2v) is 9.11. The Morgan fingerprint density at radius 3 is 2.25 bits per heavy atom. The van der Waals surface area contributed by atoms with Crippen molar-refractivity contribution >= 4 is 24.2 Å². The highest BCUT2D eigenvalue weighted by Gasteiger charge is 2.29. The van der Waals surface area contributed by atoms with Crippen molar-refractivity contribution in [1.29, 1.82) is 0 Å². The van der Waals surface area contributed by atoms with Crippen molar-refractivity contribution in [2.24, 2.45) is 11.8 Å². The summed E-state index contributed by atoms with van der Waals surface area (Å²) in [5.74, 6) is 0.0991. The van der Waals surface area contributed by atoms with Crippen LogP contribution in [0.2, 0.25) is 0 Å². The number of piperidine rings is 1. The Kier molecular flexibility index (Phi) is 8.96. The van der Waals surface area contributed by atoms with E-state index in [4.69, 9.17) is 0 Å². The van der Waals surface area contributed by atoms with Crippen molar-refractivity contribution in [3.8, 4) is 0 Å². The first-order valence-corrected chi connectivity index (χ1v) is 10.0. The van der Waals surface area contributed by atoms with Crippen LogP contribution in [0.4, 0.5) is 0 Å². The highest BCUT2D eigenvalue weighted by molar-refractivity contribution is 5.97. The molecular weight excluding hydrogens is 374 g/mol. The van der Waals surface area contributed by atoms with Gasteiger partial charge in [0.1, 0.15) is 6.04 Å². The van der Waals surface area contributed by atoms with E-state index in [-0.39, 0.29) is 41.6 Å². The Morgan fingerprint density at radius 2 is 1.75 bits per heavy atom. The minimum atomic E-state index is -0.540. The van der Waals surface area contributed by atoms with Crippen LogP contribution < -0.4 is 16.0 Å². The number of hydrogen-bond donors (Lipinski definition) is 3. The molecule has 2 amide bonds. The molecule has 158 valence electrons. The number of carbonyl (C=O) groups excluding carboxylic acids is 2. The molecule has 0 spiro atoms. The van der Waals surface area contributed by atoms with Crippen molar-refractivity contribution in [3.63, 3.8) is 0 Å². The predicted octanol–water partition coefficient (Wildman–Crippen LogP) is 3.27. The minimum absolute atomic E-state index is 0. The molecule has 28 heavy (non-hydrogen) atoms. The summed E-state index contributed by atoms with van der Waals surface area (Å²) in [6.07, 6.45) is 0.917. The predicted molar refractivity (Wildman–Crippen MR) is 117 cm³/mol. The van der Waals surface area contributed by atoms with E-state index < -0.39 is 6.04 Å². The number of carbonyl (C=O) groups is 2. The summed E-state index contributed by atoms with van der Waals surface area (Å²) in [4.78, 5) is 25.5. The smallest absolute Gasteiger partial charge is 0.251 e. The molecule has 1 saturated heterocycles. The van der Waals surface area contributed by atoms with Crippen LogP contribution in [-0.2, 0) is 10.2 Å². The van der Waals surface area contributed by atoms with Gasteiger partial charge in [-0.05, 0) is 54.5 Å².